The molecule has 1 aromatic heterocycles. The zero-order valence-corrected chi connectivity index (χ0v) is 12.7. The van der Waals surface area contributed by atoms with Gasteiger partial charge in [-0.1, -0.05) is 36.4 Å². The van der Waals surface area contributed by atoms with E-state index in [4.69, 9.17) is 14.2 Å². The molecule has 114 valence electrons. The average molecular weight is 299 g/mol. The van der Waals surface area contributed by atoms with Crippen LogP contribution in [0.4, 0.5) is 0 Å². The summed E-state index contributed by atoms with van der Waals surface area (Å²) in [5.41, 5.74) is 1.67. The monoisotopic (exact) mass is 299 g/mol. The molecule has 0 atom stereocenters. The van der Waals surface area contributed by atoms with E-state index < -0.39 is 5.97 Å². The van der Waals surface area contributed by atoms with E-state index in [9.17, 15) is 4.79 Å². The smallest absolute Gasteiger partial charge is 0.343 e. The molecule has 2 rings (SSSR count). The fraction of sp³-hybridized carbons (Fsp3) is 0.176. The fourth-order valence-corrected chi connectivity index (χ4v) is 1.95. The van der Waals surface area contributed by atoms with Gasteiger partial charge in [0.05, 0.1) is 27.0 Å². The SMILES string of the molecule is COC(=O)c1c(OC)cc(OC)nc1/C=C\c1ccccc1. The summed E-state index contributed by atoms with van der Waals surface area (Å²) in [5, 5.41) is 0. The molecule has 1 aromatic carbocycles. The van der Waals surface area contributed by atoms with E-state index in [1.165, 1.54) is 21.3 Å². The van der Waals surface area contributed by atoms with Gasteiger partial charge >= 0.3 is 5.97 Å². The standard InChI is InChI=1S/C17H17NO4/c1-20-14-11-15(21-2)18-13(16(14)17(19)22-3)10-9-12-7-5-4-6-8-12/h4-11H,1-3H3/b10-9-. The van der Waals surface area contributed by atoms with E-state index in [1.807, 2.05) is 36.4 Å². The van der Waals surface area contributed by atoms with Crippen molar-refractivity contribution in [3.05, 3.63) is 53.2 Å². The van der Waals surface area contributed by atoms with E-state index in [0.29, 0.717) is 17.3 Å². The van der Waals surface area contributed by atoms with Crippen LogP contribution in [0.1, 0.15) is 21.6 Å². The van der Waals surface area contributed by atoms with Crippen LogP contribution >= 0.6 is 0 Å². The summed E-state index contributed by atoms with van der Waals surface area (Å²) in [7, 11) is 4.30. The molecule has 0 fully saturated rings. The quantitative estimate of drug-likeness (QED) is 0.794. The Morgan fingerprint density at radius 3 is 2.36 bits per heavy atom. The fourth-order valence-electron chi connectivity index (χ4n) is 1.95. The van der Waals surface area contributed by atoms with Crippen molar-refractivity contribution >= 4 is 18.1 Å². The summed E-state index contributed by atoms with van der Waals surface area (Å²) in [6.45, 7) is 0. The summed E-state index contributed by atoms with van der Waals surface area (Å²) < 4.78 is 15.2. The van der Waals surface area contributed by atoms with Crippen LogP contribution < -0.4 is 9.47 Å². The summed E-state index contributed by atoms with van der Waals surface area (Å²) in [6.07, 6.45) is 3.58. The van der Waals surface area contributed by atoms with E-state index in [0.717, 1.165) is 5.56 Å². The van der Waals surface area contributed by atoms with Crippen LogP contribution in [-0.2, 0) is 4.74 Å². The second kappa shape index (κ2) is 7.26. The zero-order valence-electron chi connectivity index (χ0n) is 12.7. The maximum absolute atomic E-state index is 12.0. The first kappa shape index (κ1) is 15.6. The van der Waals surface area contributed by atoms with Gasteiger partial charge in [-0.2, -0.15) is 0 Å². The molecule has 0 saturated heterocycles. The van der Waals surface area contributed by atoms with Gasteiger partial charge in [0.2, 0.25) is 5.88 Å². The van der Waals surface area contributed by atoms with Gasteiger partial charge in [-0.05, 0) is 11.6 Å². The maximum Gasteiger partial charge on any atom is 0.343 e. The molecule has 0 amide bonds. The number of hydrogen-bond acceptors (Lipinski definition) is 5. The van der Waals surface area contributed by atoms with Crippen LogP contribution in [0.3, 0.4) is 0 Å². The Bertz CT molecular complexity index is 681. The Balaban J connectivity index is 2.52. The molecule has 2 aromatic rings. The molecule has 5 heteroatoms. The molecular weight excluding hydrogens is 282 g/mol. The van der Waals surface area contributed by atoms with E-state index in [-0.39, 0.29) is 5.56 Å². The second-order valence-electron chi connectivity index (χ2n) is 4.36. The molecule has 5 nitrogen and oxygen atoms in total. The predicted octanol–water partition coefficient (Wildman–Crippen LogP) is 3.06. The third kappa shape index (κ3) is 3.44. The third-order valence-electron chi connectivity index (χ3n) is 3.04. The molecule has 0 saturated carbocycles. The number of ether oxygens (including phenoxy) is 3. The third-order valence-corrected chi connectivity index (χ3v) is 3.04. The van der Waals surface area contributed by atoms with Crippen molar-refractivity contribution in [1.82, 2.24) is 4.98 Å². The highest BCUT2D eigenvalue weighted by molar-refractivity contribution is 5.97. The van der Waals surface area contributed by atoms with Crippen molar-refractivity contribution in [1.29, 1.82) is 0 Å². The minimum Gasteiger partial charge on any atom is -0.496 e. The minimum atomic E-state index is -0.514. The number of carbonyl (C=O) groups is 1. The molecule has 0 radical (unpaired) electrons. The van der Waals surface area contributed by atoms with Crippen LogP contribution in [0.2, 0.25) is 0 Å². The number of hydrogen-bond donors (Lipinski definition) is 0. The topological polar surface area (TPSA) is 57.7 Å². The Morgan fingerprint density at radius 1 is 1.05 bits per heavy atom. The number of nitrogens with zero attached hydrogens (tertiary/aromatic N) is 1. The number of methoxy groups -OCH3 is 3. The Labute approximate surface area is 129 Å². The Kier molecular flexibility index (Phi) is 5.14. The van der Waals surface area contributed by atoms with Crippen molar-refractivity contribution in [3.8, 4) is 11.6 Å². The Morgan fingerprint density at radius 2 is 1.77 bits per heavy atom. The summed E-state index contributed by atoms with van der Waals surface area (Å²) >= 11 is 0. The average Bonchev–Trinajstić information content (AvgIpc) is 2.59. The number of pyridine rings is 1. The van der Waals surface area contributed by atoms with Crippen LogP contribution in [0.25, 0.3) is 12.2 Å². The van der Waals surface area contributed by atoms with Gasteiger partial charge in [0, 0.05) is 6.07 Å². The maximum atomic E-state index is 12.0. The second-order valence-corrected chi connectivity index (χ2v) is 4.36. The van der Waals surface area contributed by atoms with Gasteiger partial charge in [-0.25, -0.2) is 9.78 Å². The molecule has 0 unspecified atom stereocenters. The van der Waals surface area contributed by atoms with Crippen LogP contribution in [-0.4, -0.2) is 32.3 Å². The highest BCUT2D eigenvalue weighted by Gasteiger charge is 2.20. The number of carbonyl (C=O) groups excluding carboxylic acids is 1. The van der Waals surface area contributed by atoms with E-state index in [1.54, 1.807) is 12.1 Å². The van der Waals surface area contributed by atoms with E-state index in [2.05, 4.69) is 4.98 Å². The lowest BCUT2D eigenvalue weighted by Crippen LogP contribution is -2.09. The normalized spacial score (nSPS) is 10.5. The summed E-state index contributed by atoms with van der Waals surface area (Å²) in [5.74, 6) is 0.198. The number of esters is 1. The molecular formula is C17H17NO4. The molecule has 0 bridgehead atoms. The molecule has 0 spiro atoms. The van der Waals surface area contributed by atoms with Crippen molar-refractivity contribution < 1.29 is 19.0 Å². The lowest BCUT2D eigenvalue weighted by atomic mass is 10.1. The van der Waals surface area contributed by atoms with Gasteiger partial charge in [-0.15, -0.1) is 0 Å². The van der Waals surface area contributed by atoms with Crippen molar-refractivity contribution in [2.24, 2.45) is 0 Å². The first-order valence-corrected chi connectivity index (χ1v) is 6.64. The zero-order chi connectivity index (χ0) is 15.9. The molecule has 0 aliphatic rings. The highest BCUT2D eigenvalue weighted by atomic mass is 16.5. The highest BCUT2D eigenvalue weighted by Crippen LogP contribution is 2.28. The molecule has 0 aliphatic carbocycles. The minimum absolute atomic E-state index is 0.262. The van der Waals surface area contributed by atoms with Crippen molar-refractivity contribution in [2.75, 3.05) is 21.3 Å². The van der Waals surface area contributed by atoms with Crippen molar-refractivity contribution in [2.45, 2.75) is 0 Å². The Hall–Kier alpha value is -2.82. The first-order chi connectivity index (χ1) is 10.7. The lowest BCUT2D eigenvalue weighted by molar-refractivity contribution is 0.0596. The van der Waals surface area contributed by atoms with Gasteiger partial charge in [0.1, 0.15) is 11.3 Å². The van der Waals surface area contributed by atoms with Crippen LogP contribution in [0.15, 0.2) is 36.4 Å². The molecule has 0 aliphatic heterocycles. The lowest BCUT2D eigenvalue weighted by Gasteiger charge is -2.11. The van der Waals surface area contributed by atoms with Gasteiger partial charge in [-0.3, -0.25) is 0 Å². The van der Waals surface area contributed by atoms with E-state index >= 15 is 0 Å². The van der Waals surface area contributed by atoms with Gasteiger partial charge < -0.3 is 14.2 Å². The van der Waals surface area contributed by atoms with Crippen molar-refractivity contribution in [3.63, 3.8) is 0 Å². The molecule has 0 N–H and O–H groups in total. The number of aromatic nitrogens is 1. The van der Waals surface area contributed by atoms with Crippen LogP contribution in [0, 0.1) is 0 Å². The molecule has 22 heavy (non-hydrogen) atoms. The first-order valence-electron chi connectivity index (χ1n) is 6.64. The predicted molar refractivity (Wildman–Crippen MR) is 84.1 cm³/mol. The largest absolute Gasteiger partial charge is 0.496 e. The van der Waals surface area contributed by atoms with Gasteiger partial charge in [0.25, 0.3) is 0 Å². The van der Waals surface area contributed by atoms with Gasteiger partial charge in [0.15, 0.2) is 0 Å². The van der Waals surface area contributed by atoms with Crippen LogP contribution in [0.5, 0.6) is 11.6 Å². The number of benzene rings is 1. The number of rotatable bonds is 5. The summed E-state index contributed by atoms with van der Waals surface area (Å²) in [6, 6.07) is 11.2. The summed E-state index contributed by atoms with van der Waals surface area (Å²) in [4.78, 5) is 16.3. The molecule has 1 heterocycles.